The highest BCUT2D eigenvalue weighted by molar-refractivity contribution is 5.94. The number of aromatic nitrogens is 2. The summed E-state index contributed by atoms with van der Waals surface area (Å²) < 4.78 is 40.4. The number of hydrogen-bond donors (Lipinski definition) is 0. The van der Waals surface area contributed by atoms with E-state index in [0.29, 0.717) is 13.1 Å². The van der Waals surface area contributed by atoms with E-state index < -0.39 is 17.6 Å². The molecule has 0 unspecified atom stereocenters. The fraction of sp³-hybridized carbons (Fsp3) is 0.450. The minimum Gasteiger partial charge on any atom is -0.339 e. The summed E-state index contributed by atoms with van der Waals surface area (Å²) in [5, 5.41) is 4.31. The molecule has 156 valence electrons. The molecule has 1 fully saturated rings. The summed E-state index contributed by atoms with van der Waals surface area (Å²) in [5.74, 6) is -0.502. The fourth-order valence-corrected chi connectivity index (χ4v) is 3.51. The second-order valence-electron chi connectivity index (χ2n) is 7.20. The third kappa shape index (κ3) is 4.44. The van der Waals surface area contributed by atoms with E-state index in [1.165, 1.54) is 17.0 Å². The first kappa shape index (κ1) is 20.9. The quantitative estimate of drug-likeness (QED) is 0.785. The third-order valence-electron chi connectivity index (χ3n) is 5.34. The van der Waals surface area contributed by atoms with Crippen molar-refractivity contribution in [1.29, 1.82) is 0 Å². The summed E-state index contributed by atoms with van der Waals surface area (Å²) in [6.07, 6.45) is -4.25. The second-order valence-corrected chi connectivity index (χ2v) is 7.20. The van der Waals surface area contributed by atoms with Crippen LogP contribution in [0.1, 0.15) is 32.9 Å². The van der Waals surface area contributed by atoms with Crippen molar-refractivity contribution < 1.29 is 22.8 Å². The number of aryl methyl sites for hydroxylation is 2. The van der Waals surface area contributed by atoms with Crippen molar-refractivity contribution in [3.8, 4) is 0 Å². The molecule has 1 aliphatic rings. The van der Waals surface area contributed by atoms with E-state index in [-0.39, 0.29) is 31.0 Å². The maximum atomic E-state index is 12.9. The average Bonchev–Trinajstić information content (AvgIpc) is 2.93. The van der Waals surface area contributed by atoms with Crippen molar-refractivity contribution in [2.45, 2.75) is 26.4 Å². The highest BCUT2D eigenvalue weighted by atomic mass is 19.4. The fourth-order valence-electron chi connectivity index (χ4n) is 3.51. The van der Waals surface area contributed by atoms with Gasteiger partial charge in [-0.3, -0.25) is 14.3 Å². The van der Waals surface area contributed by atoms with Crippen molar-refractivity contribution in [2.24, 2.45) is 7.05 Å². The molecular weight excluding hydrogens is 385 g/mol. The van der Waals surface area contributed by atoms with Gasteiger partial charge in [-0.1, -0.05) is 6.07 Å². The smallest absolute Gasteiger partial charge is 0.339 e. The van der Waals surface area contributed by atoms with Crippen LogP contribution in [-0.4, -0.2) is 57.6 Å². The molecule has 1 aliphatic heterocycles. The van der Waals surface area contributed by atoms with Crippen LogP contribution in [0.3, 0.4) is 0 Å². The lowest BCUT2D eigenvalue weighted by Gasteiger charge is -2.35. The Morgan fingerprint density at radius 2 is 1.69 bits per heavy atom. The lowest BCUT2D eigenvalue weighted by molar-refractivity contribution is -0.137. The predicted molar refractivity (Wildman–Crippen MR) is 100 cm³/mol. The van der Waals surface area contributed by atoms with Crippen LogP contribution in [0.5, 0.6) is 0 Å². The van der Waals surface area contributed by atoms with Crippen LogP contribution < -0.4 is 0 Å². The zero-order valence-corrected chi connectivity index (χ0v) is 16.6. The molecule has 0 radical (unpaired) electrons. The van der Waals surface area contributed by atoms with E-state index in [4.69, 9.17) is 0 Å². The lowest BCUT2D eigenvalue weighted by Crippen LogP contribution is -2.51. The number of rotatable bonds is 3. The highest BCUT2D eigenvalue weighted by Crippen LogP contribution is 2.29. The number of halogens is 3. The molecule has 2 aromatic rings. The first-order valence-corrected chi connectivity index (χ1v) is 9.31. The number of alkyl halides is 3. The molecular formula is C20H23F3N4O2. The molecule has 3 rings (SSSR count). The Morgan fingerprint density at radius 1 is 1.07 bits per heavy atom. The van der Waals surface area contributed by atoms with Crippen molar-refractivity contribution >= 4 is 11.8 Å². The molecule has 6 nitrogen and oxygen atoms in total. The van der Waals surface area contributed by atoms with Gasteiger partial charge in [0.2, 0.25) is 5.91 Å². The molecule has 0 bridgehead atoms. The van der Waals surface area contributed by atoms with Crippen LogP contribution >= 0.6 is 0 Å². The molecule has 0 saturated carbocycles. The van der Waals surface area contributed by atoms with Gasteiger partial charge in [0.05, 0.1) is 17.7 Å². The third-order valence-corrected chi connectivity index (χ3v) is 5.34. The number of carbonyl (C=O) groups excluding carboxylic acids is 2. The van der Waals surface area contributed by atoms with E-state index >= 15 is 0 Å². The molecule has 1 saturated heterocycles. The molecule has 0 N–H and O–H groups in total. The topological polar surface area (TPSA) is 58.4 Å². The van der Waals surface area contributed by atoms with E-state index in [1.54, 1.807) is 9.58 Å². The van der Waals surface area contributed by atoms with Gasteiger partial charge in [-0.2, -0.15) is 18.3 Å². The minimum atomic E-state index is -4.50. The Bertz CT molecular complexity index is 928. The number of nitrogens with zero attached hydrogens (tertiary/aromatic N) is 4. The first-order valence-electron chi connectivity index (χ1n) is 9.31. The van der Waals surface area contributed by atoms with Gasteiger partial charge >= 0.3 is 6.18 Å². The molecule has 2 heterocycles. The Labute approximate surface area is 166 Å². The number of piperazine rings is 1. The van der Waals surface area contributed by atoms with Gasteiger partial charge < -0.3 is 9.80 Å². The standard InChI is InChI=1S/C20H23F3N4O2/c1-13-17(14(2)25(3)24-13)12-18(28)26-7-9-27(10-8-26)19(29)15-5-4-6-16(11-15)20(21,22)23/h4-6,11H,7-10,12H2,1-3H3. The van der Waals surface area contributed by atoms with Gasteiger partial charge in [0, 0.05) is 50.0 Å². The van der Waals surface area contributed by atoms with E-state index in [1.807, 2.05) is 20.9 Å². The largest absolute Gasteiger partial charge is 0.416 e. The van der Waals surface area contributed by atoms with Gasteiger partial charge in [-0.05, 0) is 32.0 Å². The van der Waals surface area contributed by atoms with Crippen LogP contribution in [0, 0.1) is 13.8 Å². The summed E-state index contributed by atoms with van der Waals surface area (Å²) in [6, 6.07) is 4.42. The van der Waals surface area contributed by atoms with Crippen molar-refractivity contribution in [3.63, 3.8) is 0 Å². The molecule has 0 atom stereocenters. The summed E-state index contributed by atoms with van der Waals surface area (Å²) in [6.45, 7) is 5.04. The molecule has 0 aliphatic carbocycles. The maximum Gasteiger partial charge on any atom is 0.416 e. The average molecular weight is 408 g/mol. The summed E-state index contributed by atoms with van der Waals surface area (Å²) >= 11 is 0. The molecule has 1 aromatic carbocycles. The van der Waals surface area contributed by atoms with Crippen LogP contribution in [0.4, 0.5) is 13.2 Å². The Morgan fingerprint density at radius 3 is 2.24 bits per heavy atom. The van der Waals surface area contributed by atoms with Crippen molar-refractivity contribution in [1.82, 2.24) is 19.6 Å². The summed E-state index contributed by atoms with van der Waals surface area (Å²) in [7, 11) is 1.83. The zero-order chi connectivity index (χ0) is 21.3. The Hall–Kier alpha value is -2.84. The molecule has 0 spiro atoms. The van der Waals surface area contributed by atoms with Gasteiger partial charge in [-0.25, -0.2) is 0 Å². The van der Waals surface area contributed by atoms with Crippen molar-refractivity contribution in [3.05, 3.63) is 52.3 Å². The van der Waals surface area contributed by atoms with Crippen LogP contribution in [0.2, 0.25) is 0 Å². The van der Waals surface area contributed by atoms with Crippen molar-refractivity contribution in [2.75, 3.05) is 26.2 Å². The van der Waals surface area contributed by atoms with E-state index in [9.17, 15) is 22.8 Å². The maximum absolute atomic E-state index is 12.9. The molecule has 9 heteroatoms. The molecule has 29 heavy (non-hydrogen) atoms. The highest BCUT2D eigenvalue weighted by Gasteiger charge is 2.32. The Balaban J connectivity index is 1.61. The number of benzene rings is 1. The normalized spacial score (nSPS) is 15.0. The monoisotopic (exact) mass is 408 g/mol. The van der Waals surface area contributed by atoms with Crippen LogP contribution in [-0.2, 0) is 24.4 Å². The van der Waals surface area contributed by atoms with E-state index in [0.717, 1.165) is 29.1 Å². The SMILES string of the molecule is Cc1nn(C)c(C)c1CC(=O)N1CCN(C(=O)c2cccc(C(F)(F)F)c2)CC1. The number of carbonyl (C=O) groups is 2. The zero-order valence-electron chi connectivity index (χ0n) is 16.6. The minimum absolute atomic E-state index is 0.00112. The van der Waals surface area contributed by atoms with Crippen LogP contribution in [0.25, 0.3) is 0 Å². The van der Waals surface area contributed by atoms with Gasteiger partial charge in [0.1, 0.15) is 0 Å². The van der Waals surface area contributed by atoms with Gasteiger partial charge in [-0.15, -0.1) is 0 Å². The molecule has 2 amide bonds. The second kappa shape index (κ2) is 7.88. The summed E-state index contributed by atoms with van der Waals surface area (Å²) in [5.41, 5.74) is 1.81. The van der Waals surface area contributed by atoms with E-state index in [2.05, 4.69) is 5.10 Å². The van der Waals surface area contributed by atoms with Crippen LogP contribution in [0.15, 0.2) is 24.3 Å². The predicted octanol–water partition coefficient (Wildman–Crippen LogP) is 2.58. The van der Waals surface area contributed by atoms with Gasteiger partial charge in [0.25, 0.3) is 5.91 Å². The first-order chi connectivity index (χ1) is 13.6. The Kier molecular flexibility index (Phi) is 5.68. The summed E-state index contributed by atoms with van der Waals surface area (Å²) in [4.78, 5) is 28.4. The number of hydrogen-bond acceptors (Lipinski definition) is 3. The van der Waals surface area contributed by atoms with Gasteiger partial charge in [0.15, 0.2) is 0 Å². The lowest BCUT2D eigenvalue weighted by atomic mass is 10.1. The molecule has 1 aromatic heterocycles. The number of amides is 2.